The van der Waals surface area contributed by atoms with E-state index in [2.05, 4.69) is 24.0 Å². The van der Waals surface area contributed by atoms with Gasteiger partial charge < -0.3 is 15.2 Å². The summed E-state index contributed by atoms with van der Waals surface area (Å²) in [6.45, 7) is 4.97. The Hall–Kier alpha value is -0.940. The first-order chi connectivity index (χ1) is 7.58. The number of likely N-dealkylation sites (N-methyl/N-ethyl adjacent to an activating group) is 1. The van der Waals surface area contributed by atoms with Gasteiger partial charge in [0.25, 0.3) is 0 Å². The number of hydrogen-bond donors (Lipinski definition) is 1. The number of aromatic nitrogens is 2. The third-order valence-corrected chi connectivity index (χ3v) is 2.69. The molecule has 2 N–H and O–H groups in total. The van der Waals surface area contributed by atoms with Crippen molar-refractivity contribution in [2.45, 2.75) is 38.6 Å². The second kappa shape index (κ2) is 5.96. The van der Waals surface area contributed by atoms with Crippen LogP contribution in [-0.4, -0.2) is 35.7 Å². The number of rotatable bonds is 6. The Morgan fingerprint density at radius 3 is 2.44 bits per heavy atom. The summed E-state index contributed by atoms with van der Waals surface area (Å²) >= 11 is 0. The van der Waals surface area contributed by atoms with Gasteiger partial charge in [-0.25, -0.2) is 0 Å². The second-order valence-electron chi connectivity index (χ2n) is 4.37. The Labute approximate surface area is 97.0 Å². The normalized spacial score (nSPS) is 13.7. The zero-order valence-corrected chi connectivity index (χ0v) is 10.6. The third-order valence-electron chi connectivity index (χ3n) is 2.69. The van der Waals surface area contributed by atoms with E-state index < -0.39 is 0 Å². The highest BCUT2D eigenvalue weighted by atomic mass is 16.5. The predicted octanol–water partition coefficient (Wildman–Crippen LogP) is 1.53. The first-order valence-electron chi connectivity index (χ1n) is 5.82. The molecular weight excluding hydrogens is 204 g/mol. The molecule has 1 heterocycles. The lowest BCUT2D eigenvalue weighted by molar-refractivity contribution is 0.331. The summed E-state index contributed by atoms with van der Waals surface area (Å²) in [5.41, 5.74) is 5.97. The molecule has 0 aliphatic rings. The molecule has 0 radical (unpaired) electrons. The fourth-order valence-electron chi connectivity index (χ4n) is 1.68. The van der Waals surface area contributed by atoms with E-state index in [-0.39, 0.29) is 6.04 Å². The van der Waals surface area contributed by atoms with Gasteiger partial charge in [-0.3, -0.25) is 0 Å². The molecule has 1 atom stereocenters. The average molecular weight is 226 g/mol. The Bertz CT molecular complexity index is 307. The quantitative estimate of drug-likeness (QED) is 0.796. The van der Waals surface area contributed by atoms with Gasteiger partial charge in [-0.1, -0.05) is 19.0 Å². The summed E-state index contributed by atoms with van der Waals surface area (Å²) in [5.74, 6) is 1.68. The molecule has 1 unspecified atom stereocenters. The van der Waals surface area contributed by atoms with Gasteiger partial charge in [0.1, 0.15) is 0 Å². The van der Waals surface area contributed by atoms with E-state index in [9.17, 15) is 0 Å². The lowest BCUT2D eigenvalue weighted by Gasteiger charge is -2.13. The largest absolute Gasteiger partial charge is 0.339 e. The molecule has 0 aromatic carbocycles. The van der Waals surface area contributed by atoms with Crippen LogP contribution in [-0.2, 0) is 0 Å². The van der Waals surface area contributed by atoms with Crippen LogP contribution in [0.1, 0.15) is 50.4 Å². The van der Waals surface area contributed by atoms with Crippen molar-refractivity contribution >= 4 is 0 Å². The van der Waals surface area contributed by atoms with Crippen molar-refractivity contribution in [1.29, 1.82) is 0 Å². The van der Waals surface area contributed by atoms with Crippen molar-refractivity contribution in [3.8, 4) is 0 Å². The smallest absolute Gasteiger partial charge is 0.229 e. The van der Waals surface area contributed by atoms with Gasteiger partial charge in [0, 0.05) is 12.5 Å². The molecule has 0 fully saturated rings. The molecule has 5 nitrogen and oxygen atoms in total. The number of nitrogens with zero attached hydrogens (tertiary/aromatic N) is 3. The summed E-state index contributed by atoms with van der Waals surface area (Å²) in [7, 11) is 3.95. The minimum absolute atomic E-state index is 0.179. The van der Waals surface area contributed by atoms with Gasteiger partial charge in [-0.05, 0) is 26.9 Å². The van der Waals surface area contributed by atoms with Crippen molar-refractivity contribution in [2.24, 2.45) is 5.73 Å². The van der Waals surface area contributed by atoms with Crippen LogP contribution >= 0.6 is 0 Å². The zero-order chi connectivity index (χ0) is 12.1. The van der Waals surface area contributed by atoms with Crippen molar-refractivity contribution < 1.29 is 4.52 Å². The van der Waals surface area contributed by atoms with Gasteiger partial charge in [-0.2, -0.15) is 4.98 Å². The monoisotopic (exact) mass is 226 g/mol. The van der Waals surface area contributed by atoms with Crippen molar-refractivity contribution in [3.63, 3.8) is 0 Å². The molecule has 1 aromatic rings. The molecule has 92 valence electrons. The molecule has 0 aliphatic carbocycles. The summed E-state index contributed by atoms with van der Waals surface area (Å²) in [4.78, 5) is 6.39. The van der Waals surface area contributed by atoms with Crippen LogP contribution in [0.15, 0.2) is 4.52 Å². The minimum atomic E-state index is -0.179. The summed E-state index contributed by atoms with van der Waals surface area (Å²) in [6.07, 6.45) is 2.03. The highest BCUT2D eigenvalue weighted by Crippen LogP contribution is 2.21. The lowest BCUT2D eigenvalue weighted by Crippen LogP contribution is -2.26. The highest BCUT2D eigenvalue weighted by Gasteiger charge is 2.19. The Balaban J connectivity index is 2.70. The summed E-state index contributed by atoms with van der Waals surface area (Å²) < 4.78 is 5.25. The molecule has 5 heteroatoms. The predicted molar refractivity (Wildman–Crippen MR) is 63.1 cm³/mol. The van der Waals surface area contributed by atoms with Crippen LogP contribution in [0.2, 0.25) is 0 Å². The van der Waals surface area contributed by atoms with E-state index in [0.717, 1.165) is 19.4 Å². The fraction of sp³-hybridized carbons (Fsp3) is 0.818. The Morgan fingerprint density at radius 2 is 1.94 bits per heavy atom. The van der Waals surface area contributed by atoms with Gasteiger partial charge >= 0.3 is 0 Å². The maximum Gasteiger partial charge on any atom is 0.229 e. The van der Waals surface area contributed by atoms with E-state index in [1.807, 2.05) is 19.0 Å². The maximum atomic E-state index is 5.97. The average Bonchev–Trinajstić information content (AvgIpc) is 2.68. The van der Waals surface area contributed by atoms with E-state index in [0.29, 0.717) is 17.6 Å². The Kier molecular flexibility index (Phi) is 4.89. The zero-order valence-electron chi connectivity index (χ0n) is 10.6. The van der Waals surface area contributed by atoms with Crippen molar-refractivity contribution in [2.75, 3.05) is 20.6 Å². The molecule has 0 bridgehead atoms. The van der Waals surface area contributed by atoms with Crippen LogP contribution in [0.25, 0.3) is 0 Å². The molecule has 0 saturated carbocycles. The molecule has 0 aliphatic heterocycles. The number of hydrogen-bond acceptors (Lipinski definition) is 5. The van der Waals surface area contributed by atoms with Gasteiger partial charge in [0.2, 0.25) is 5.89 Å². The van der Waals surface area contributed by atoms with E-state index in [1.165, 1.54) is 0 Å². The van der Waals surface area contributed by atoms with E-state index in [4.69, 9.17) is 10.3 Å². The second-order valence-corrected chi connectivity index (χ2v) is 4.37. The lowest BCUT2D eigenvalue weighted by atomic mass is 10.0. The van der Waals surface area contributed by atoms with Crippen molar-refractivity contribution in [3.05, 3.63) is 11.7 Å². The van der Waals surface area contributed by atoms with E-state index in [1.54, 1.807) is 0 Å². The molecular formula is C11H22N4O. The molecule has 1 aromatic heterocycles. The molecule has 1 rings (SSSR count). The van der Waals surface area contributed by atoms with Gasteiger partial charge in [-0.15, -0.1) is 0 Å². The topological polar surface area (TPSA) is 68.2 Å². The van der Waals surface area contributed by atoms with Gasteiger partial charge in [0.15, 0.2) is 5.82 Å². The molecule has 16 heavy (non-hydrogen) atoms. The molecule has 0 amide bonds. The van der Waals surface area contributed by atoms with Gasteiger partial charge in [0.05, 0.1) is 6.04 Å². The first kappa shape index (κ1) is 13.1. The molecule has 0 saturated heterocycles. The minimum Gasteiger partial charge on any atom is -0.339 e. The Morgan fingerprint density at radius 1 is 1.31 bits per heavy atom. The van der Waals surface area contributed by atoms with E-state index >= 15 is 0 Å². The highest BCUT2D eigenvalue weighted by molar-refractivity contribution is 4.97. The van der Waals surface area contributed by atoms with Crippen molar-refractivity contribution in [1.82, 2.24) is 15.0 Å². The first-order valence-corrected chi connectivity index (χ1v) is 5.82. The van der Waals surface area contributed by atoms with Crippen LogP contribution in [0.4, 0.5) is 0 Å². The van der Waals surface area contributed by atoms with Crippen LogP contribution < -0.4 is 5.73 Å². The van der Waals surface area contributed by atoms with Crippen LogP contribution in [0, 0.1) is 0 Å². The maximum absolute atomic E-state index is 5.97. The standard InChI is InChI=1S/C11H22N4O/c1-5-8(6-2)11-13-10(14-16-11)9(12)7-15(3)4/h8-9H,5-7,12H2,1-4H3. The summed E-state index contributed by atoms with van der Waals surface area (Å²) in [6, 6.07) is -0.179. The number of nitrogens with two attached hydrogens (primary N) is 1. The van der Waals surface area contributed by atoms with Crippen LogP contribution in [0.5, 0.6) is 0 Å². The fourth-order valence-corrected chi connectivity index (χ4v) is 1.68. The van der Waals surface area contributed by atoms with Crippen LogP contribution in [0.3, 0.4) is 0 Å². The third kappa shape index (κ3) is 3.28. The molecule has 0 spiro atoms. The SMILES string of the molecule is CCC(CC)c1nc(C(N)CN(C)C)no1. The summed E-state index contributed by atoms with van der Waals surface area (Å²) in [5, 5.41) is 3.95.